The van der Waals surface area contributed by atoms with E-state index in [0.717, 1.165) is 57.3 Å². The minimum Gasteiger partial charge on any atom is -0.307 e. The molecule has 155 valence electrons. The maximum absolute atomic E-state index is 12.7. The Morgan fingerprint density at radius 3 is 2.10 bits per heavy atom. The number of carbonyl (C=O) groups excluding carboxylic acids is 1. The fraction of sp³-hybridized carbons (Fsp3) is 0.667. The van der Waals surface area contributed by atoms with E-state index in [2.05, 4.69) is 34.9 Å². The van der Waals surface area contributed by atoms with E-state index in [1.807, 2.05) is 0 Å². The van der Waals surface area contributed by atoms with Gasteiger partial charge in [-0.15, -0.1) is 0 Å². The number of hydrogen-bond donors (Lipinski definition) is 2. The summed E-state index contributed by atoms with van der Waals surface area (Å²) in [6.07, 6.45) is 7.34. The molecule has 1 fully saturated rings. The molecule has 2 aliphatic carbocycles. The summed E-state index contributed by atoms with van der Waals surface area (Å²) in [6.45, 7) is 5.75. The van der Waals surface area contributed by atoms with Crippen LogP contribution in [0.25, 0.3) is 0 Å². The average molecular weight is 445 g/mol. The summed E-state index contributed by atoms with van der Waals surface area (Å²) in [7, 11) is -3.67. The zero-order valence-electron chi connectivity index (χ0n) is 17.9. The van der Waals surface area contributed by atoms with Crippen molar-refractivity contribution in [2.45, 2.75) is 76.5 Å². The summed E-state index contributed by atoms with van der Waals surface area (Å²) in [5, 5.41) is 2.43. The van der Waals surface area contributed by atoms with Gasteiger partial charge >= 0.3 is 6.03 Å². The third kappa shape index (κ3) is 5.10. The number of aryl methyl sites for hydroxylation is 2. The smallest absolute Gasteiger partial charge is 0.307 e. The minimum atomic E-state index is -3.67. The molecule has 8 heteroatoms. The third-order valence-electron chi connectivity index (χ3n) is 6.59. The van der Waals surface area contributed by atoms with E-state index in [0.29, 0.717) is 18.9 Å². The zero-order chi connectivity index (χ0) is 19.9. The summed E-state index contributed by atoms with van der Waals surface area (Å²) in [4.78, 5) is 14.9. The molecule has 1 radical (unpaired) electrons. The largest absolute Gasteiger partial charge is 0.332 e. The van der Waals surface area contributed by atoms with Gasteiger partial charge < -0.3 is 10.2 Å². The summed E-state index contributed by atoms with van der Waals surface area (Å²) < 4.78 is 27.8. The van der Waals surface area contributed by atoms with Gasteiger partial charge in [-0.2, -0.15) is 0 Å². The summed E-state index contributed by atoms with van der Waals surface area (Å²) in [5.41, 5.74) is 5.93. The van der Waals surface area contributed by atoms with Crippen molar-refractivity contribution in [2.24, 2.45) is 0 Å². The van der Waals surface area contributed by atoms with E-state index >= 15 is 0 Å². The first-order valence-corrected chi connectivity index (χ1v) is 12.1. The van der Waals surface area contributed by atoms with E-state index in [1.165, 1.54) is 22.3 Å². The number of nitrogens with one attached hydrogen (secondary N) is 2. The number of fused-ring (bicyclic) bond motifs is 2. The molecule has 0 bridgehead atoms. The Morgan fingerprint density at radius 2 is 1.59 bits per heavy atom. The number of amides is 2. The molecule has 0 unspecified atom stereocenters. The third-order valence-corrected chi connectivity index (χ3v) is 8.41. The van der Waals surface area contributed by atoms with Crippen molar-refractivity contribution in [3.8, 4) is 0 Å². The maximum Gasteiger partial charge on any atom is 0.332 e. The average Bonchev–Trinajstić information content (AvgIpc) is 3.30. The first-order valence-electron chi connectivity index (χ1n) is 10.6. The molecule has 1 aromatic carbocycles. The van der Waals surface area contributed by atoms with E-state index in [4.69, 9.17) is 0 Å². The topological polar surface area (TPSA) is 78.5 Å². The van der Waals surface area contributed by atoms with Gasteiger partial charge in [0, 0.05) is 63.1 Å². The number of rotatable bonds is 4. The Hall–Kier alpha value is 0.0364. The quantitative estimate of drug-likeness (QED) is 0.700. The molecule has 1 aliphatic heterocycles. The number of likely N-dealkylation sites (tertiary alicyclic amines) is 1. The fourth-order valence-electron chi connectivity index (χ4n) is 5.02. The first kappa shape index (κ1) is 23.7. The Bertz CT molecular complexity index is 845. The number of urea groups is 1. The predicted octanol–water partition coefficient (Wildman–Crippen LogP) is 2.61. The van der Waals surface area contributed by atoms with Crippen molar-refractivity contribution in [3.05, 3.63) is 28.3 Å². The van der Waals surface area contributed by atoms with Crippen molar-refractivity contribution in [1.82, 2.24) is 9.62 Å². The van der Waals surface area contributed by atoms with Crippen LogP contribution in [0.5, 0.6) is 0 Å². The molecule has 1 aromatic rings. The van der Waals surface area contributed by atoms with Crippen LogP contribution in [0.1, 0.15) is 61.8 Å². The van der Waals surface area contributed by atoms with Gasteiger partial charge in [-0.1, -0.05) is 6.07 Å². The Labute approximate surface area is 217 Å². The van der Waals surface area contributed by atoms with Crippen LogP contribution in [-0.4, -0.2) is 95.1 Å². The van der Waals surface area contributed by atoms with Crippen molar-refractivity contribution in [1.29, 1.82) is 0 Å². The molecule has 1 saturated heterocycles. The van der Waals surface area contributed by atoms with Gasteiger partial charge in [0.25, 0.3) is 0 Å². The number of sulfonamides is 1. The van der Waals surface area contributed by atoms with Crippen LogP contribution in [0.15, 0.2) is 6.07 Å². The molecule has 0 aromatic heterocycles. The van der Waals surface area contributed by atoms with Gasteiger partial charge in [-0.3, -0.25) is 0 Å². The first-order chi connectivity index (χ1) is 13.3. The van der Waals surface area contributed by atoms with Crippen molar-refractivity contribution in [3.63, 3.8) is 0 Å². The van der Waals surface area contributed by atoms with Crippen LogP contribution in [0, 0.1) is 0 Å². The summed E-state index contributed by atoms with van der Waals surface area (Å²) in [5.74, 6) is 0. The van der Waals surface area contributed by atoms with Crippen molar-refractivity contribution in [2.75, 3.05) is 18.4 Å². The molecule has 0 saturated carbocycles. The second-order valence-electron chi connectivity index (χ2n) is 8.66. The molecule has 3 aliphatic rings. The van der Waals surface area contributed by atoms with E-state index < -0.39 is 21.3 Å². The maximum atomic E-state index is 12.7. The van der Waals surface area contributed by atoms with Crippen LogP contribution in [0.3, 0.4) is 0 Å². The predicted molar refractivity (Wildman–Crippen MR) is 117 cm³/mol. The standard InChI is InChI=1S/C21H31N3O3S.K/c1-14(2)24-11-9-17(10-12-24)28(26,27)23-21(25)22-20-18-7-3-5-15(18)13-16-6-4-8-19(16)20;/h13-14,17H,3-12H2,1-2H3,(H2,22,23,25);. The molecule has 29 heavy (non-hydrogen) atoms. The van der Waals surface area contributed by atoms with E-state index in [9.17, 15) is 13.2 Å². The minimum absolute atomic E-state index is 0. The SMILES string of the molecule is CC(C)N1CCC(S(=O)(=O)NC(=O)Nc2c3c(cc4c2CCC4)CCC3)CC1.[K]. The van der Waals surface area contributed by atoms with E-state index in [1.54, 1.807) is 0 Å². The Morgan fingerprint density at radius 1 is 1.03 bits per heavy atom. The Kier molecular flexibility index (Phi) is 7.90. The molecule has 0 spiro atoms. The molecule has 2 N–H and O–H groups in total. The van der Waals surface area contributed by atoms with Crippen molar-refractivity contribution < 1.29 is 13.2 Å². The van der Waals surface area contributed by atoms with Crippen molar-refractivity contribution >= 4 is 73.1 Å². The van der Waals surface area contributed by atoms with Crippen LogP contribution < -0.4 is 10.0 Å². The molecule has 6 nitrogen and oxygen atoms in total. The van der Waals surface area contributed by atoms with Crippen LogP contribution in [0.2, 0.25) is 0 Å². The number of benzene rings is 1. The molecule has 1 heterocycles. The second kappa shape index (κ2) is 9.67. The van der Waals surface area contributed by atoms with Gasteiger partial charge in [0.1, 0.15) is 0 Å². The van der Waals surface area contributed by atoms with Gasteiger partial charge in [0.05, 0.1) is 5.25 Å². The number of hydrogen-bond acceptors (Lipinski definition) is 4. The van der Waals surface area contributed by atoms with Gasteiger partial charge in [0.2, 0.25) is 10.0 Å². The number of nitrogens with zero attached hydrogens (tertiary/aromatic N) is 1. The van der Waals surface area contributed by atoms with Gasteiger partial charge in [0.15, 0.2) is 0 Å². The number of carbonyl (C=O) groups is 1. The summed E-state index contributed by atoms with van der Waals surface area (Å²) >= 11 is 0. The van der Waals surface area contributed by atoms with Crippen LogP contribution in [-0.2, 0) is 35.7 Å². The monoisotopic (exact) mass is 444 g/mol. The van der Waals surface area contributed by atoms with Crippen LogP contribution in [0.4, 0.5) is 10.5 Å². The summed E-state index contributed by atoms with van der Waals surface area (Å²) in [6, 6.07) is 2.11. The van der Waals surface area contributed by atoms with Gasteiger partial charge in [-0.25, -0.2) is 17.9 Å². The molecular weight excluding hydrogens is 413 g/mol. The molecule has 2 amide bonds. The fourth-order valence-corrected chi connectivity index (χ4v) is 6.33. The molecule has 4 rings (SSSR count). The van der Waals surface area contributed by atoms with E-state index in [-0.39, 0.29) is 51.4 Å². The van der Waals surface area contributed by atoms with Crippen LogP contribution >= 0.6 is 0 Å². The normalized spacial score (nSPS) is 19.6. The second-order valence-corrected chi connectivity index (χ2v) is 10.6. The Balaban J connectivity index is 0.00000240. The van der Waals surface area contributed by atoms with Gasteiger partial charge in [-0.05, 0) is 101 Å². The molecule has 0 atom stereocenters. The number of anilines is 1. The number of piperidine rings is 1. The molecular formula is C21H31KN3O3S. The zero-order valence-corrected chi connectivity index (χ0v) is 21.8.